The van der Waals surface area contributed by atoms with Crippen molar-refractivity contribution in [3.63, 3.8) is 0 Å². The van der Waals surface area contributed by atoms with Gasteiger partial charge < -0.3 is 9.57 Å². The Kier molecular flexibility index (Phi) is 2.98. The molecule has 1 spiro atoms. The minimum absolute atomic E-state index is 0.201. The first-order valence-corrected chi connectivity index (χ1v) is 8.10. The number of oxime groups is 1. The van der Waals surface area contributed by atoms with Crippen LogP contribution in [0, 0.1) is 0 Å². The summed E-state index contributed by atoms with van der Waals surface area (Å²) in [5.74, 6) is 0. The Balaban J connectivity index is 1.61. The molecule has 3 heterocycles. The normalized spacial score (nSPS) is 39.6. The van der Waals surface area contributed by atoms with Crippen molar-refractivity contribution in [1.82, 2.24) is 0 Å². The molecule has 5 nitrogen and oxygen atoms in total. The summed E-state index contributed by atoms with van der Waals surface area (Å²) in [4.78, 5) is 5.78. The standard InChI is InChI=1S/C16H24N3O2/c1-12-9-15(19(2,17-12)13-5-3-4-6-13)14-10-16(21-18-14)7-8-20-11-16/h9,13H,3-8,10-11H2,1-2H3/q+1. The van der Waals surface area contributed by atoms with Gasteiger partial charge >= 0.3 is 0 Å². The van der Waals surface area contributed by atoms with Crippen LogP contribution in [0.4, 0.5) is 0 Å². The first-order valence-electron chi connectivity index (χ1n) is 8.10. The van der Waals surface area contributed by atoms with E-state index in [1.807, 2.05) is 0 Å². The highest BCUT2D eigenvalue weighted by Gasteiger charge is 2.50. The molecule has 0 amide bonds. The lowest BCUT2D eigenvalue weighted by atomic mass is 9.94. The third kappa shape index (κ3) is 2.06. The number of hydrogen-bond donors (Lipinski definition) is 0. The fourth-order valence-electron chi connectivity index (χ4n) is 4.23. The van der Waals surface area contributed by atoms with Crippen LogP contribution in [-0.4, -0.2) is 47.9 Å². The van der Waals surface area contributed by atoms with Crippen molar-refractivity contribution in [2.45, 2.75) is 57.1 Å². The predicted octanol–water partition coefficient (Wildman–Crippen LogP) is 2.58. The monoisotopic (exact) mass is 290 g/mol. The highest BCUT2D eigenvalue weighted by molar-refractivity contribution is 6.07. The van der Waals surface area contributed by atoms with E-state index in [1.54, 1.807) is 0 Å². The molecule has 1 saturated carbocycles. The molecule has 0 aromatic rings. The lowest BCUT2D eigenvalue weighted by Gasteiger charge is -2.32. The van der Waals surface area contributed by atoms with Crippen LogP contribution in [0.1, 0.15) is 45.4 Å². The zero-order valence-electron chi connectivity index (χ0n) is 13.0. The van der Waals surface area contributed by atoms with Gasteiger partial charge in [-0.25, -0.2) is 0 Å². The van der Waals surface area contributed by atoms with E-state index in [0.717, 1.165) is 30.9 Å². The van der Waals surface area contributed by atoms with Crippen LogP contribution in [0.2, 0.25) is 0 Å². The maximum absolute atomic E-state index is 5.78. The Morgan fingerprint density at radius 3 is 2.86 bits per heavy atom. The van der Waals surface area contributed by atoms with E-state index < -0.39 is 0 Å². The molecule has 5 heteroatoms. The summed E-state index contributed by atoms with van der Waals surface area (Å²) in [5, 5.41) is 9.37. The van der Waals surface area contributed by atoms with Crippen molar-refractivity contribution in [3.8, 4) is 0 Å². The maximum atomic E-state index is 5.78. The van der Waals surface area contributed by atoms with Gasteiger partial charge in [0, 0.05) is 31.8 Å². The molecule has 3 aliphatic heterocycles. The van der Waals surface area contributed by atoms with Crippen LogP contribution >= 0.6 is 0 Å². The molecule has 1 saturated heterocycles. The number of allylic oxidation sites excluding steroid dienone is 2. The largest absolute Gasteiger partial charge is 0.386 e. The minimum Gasteiger partial charge on any atom is -0.386 e. The number of quaternary nitrogens is 1. The first kappa shape index (κ1) is 13.5. The molecule has 0 bridgehead atoms. The lowest BCUT2D eigenvalue weighted by Crippen LogP contribution is -2.46. The highest BCUT2D eigenvalue weighted by atomic mass is 16.7. The minimum atomic E-state index is -0.201. The van der Waals surface area contributed by atoms with Crippen molar-refractivity contribution in [3.05, 3.63) is 11.8 Å². The van der Waals surface area contributed by atoms with E-state index >= 15 is 0 Å². The van der Waals surface area contributed by atoms with Crippen molar-refractivity contribution in [2.24, 2.45) is 10.3 Å². The van der Waals surface area contributed by atoms with Gasteiger partial charge in [-0.05, 0) is 19.8 Å². The number of rotatable bonds is 2. The summed E-state index contributed by atoms with van der Waals surface area (Å²) in [5.41, 5.74) is 3.22. The van der Waals surface area contributed by atoms with Crippen LogP contribution < -0.4 is 0 Å². The molecule has 2 unspecified atom stereocenters. The Morgan fingerprint density at radius 1 is 1.33 bits per heavy atom. The molecule has 4 aliphatic rings. The van der Waals surface area contributed by atoms with E-state index in [9.17, 15) is 0 Å². The van der Waals surface area contributed by atoms with E-state index in [2.05, 4.69) is 25.2 Å². The van der Waals surface area contributed by atoms with Crippen molar-refractivity contribution >= 4 is 11.4 Å². The Hall–Kier alpha value is -1.20. The SMILES string of the molecule is CC1=N[N+](C)(C2CCCC2)C(C2=NOC3(CCOC3)C2)=C1. The fourth-order valence-corrected chi connectivity index (χ4v) is 4.23. The number of nitrogens with zero attached hydrogens (tertiary/aromatic N) is 3. The molecule has 0 radical (unpaired) electrons. The molecular weight excluding hydrogens is 266 g/mol. The molecule has 21 heavy (non-hydrogen) atoms. The number of ether oxygens (including phenoxy) is 1. The molecule has 1 aliphatic carbocycles. The summed E-state index contributed by atoms with van der Waals surface area (Å²) in [7, 11) is 2.23. The molecule has 114 valence electrons. The summed E-state index contributed by atoms with van der Waals surface area (Å²) < 4.78 is 6.19. The van der Waals surface area contributed by atoms with Crippen LogP contribution in [0.3, 0.4) is 0 Å². The van der Waals surface area contributed by atoms with Gasteiger partial charge in [-0.2, -0.15) is 4.59 Å². The quantitative estimate of drug-likeness (QED) is 0.734. The molecule has 0 aromatic carbocycles. The van der Waals surface area contributed by atoms with Gasteiger partial charge in [0.05, 0.1) is 26.0 Å². The van der Waals surface area contributed by atoms with Crippen molar-refractivity contribution in [2.75, 3.05) is 20.3 Å². The molecule has 0 aromatic heterocycles. The average Bonchev–Trinajstić information content (AvgIpc) is 3.21. The van der Waals surface area contributed by atoms with Gasteiger partial charge in [0.15, 0.2) is 11.3 Å². The van der Waals surface area contributed by atoms with E-state index in [0.29, 0.717) is 17.2 Å². The Bertz CT molecular complexity index is 540. The van der Waals surface area contributed by atoms with Gasteiger partial charge in [0.1, 0.15) is 11.8 Å². The zero-order chi connectivity index (χ0) is 14.5. The molecule has 0 N–H and O–H groups in total. The van der Waals surface area contributed by atoms with E-state index in [1.165, 1.54) is 31.4 Å². The van der Waals surface area contributed by atoms with Crippen LogP contribution in [0.25, 0.3) is 0 Å². The maximum Gasteiger partial charge on any atom is 0.186 e. The summed E-state index contributed by atoms with van der Waals surface area (Å²) in [6.07, 6.45) is 9.17. The van der Waals surface area contributed by atoms with E-state index in [4.69, 9.17) is 14.7 Å². The van der Waals surface area contributed by atoms with Gasteiger partial charge in [-0.3, -0.25) is 0 Å². The lowest BCUT2D eigenvalue weighted by molar-refractivity contribution is -0.896. The highest BCUT2D eigenvalue weighted by Crippen LogP contribution is 2.41. The smallest absolute Gasteiger partial charge is 0.186 e. The topological polar surface area (TPSA) is 43.2 Å². The molecule has 4 rings (SSSR count). The van der Waals surface area contributed by atoms with Crippen molar-refractivity contribution < 1.29 is 14.2 Å². The predicted molar refractivity (Wildman–Crippen MR) is 80.9 cm³/mol. The molecule has 2 atom stereocenters. The van der Waals surface area contributed by atoms with Gasteiger partial charge in [-0.1, -0.05) is 10.3 Å². The van der Waals surface area contributed by atoms with E-state index in [-0.39, 0.29) is 5.60 Å². The average molecular weight is 290 g/mol. The number of hydrogen-bond acceptors (Lipinski definition) is 4. The van der Waals surface area contributed by atoms with Crippen LogP contribution in [0.15, 0.2) is 22.0 Å². The van der Waals surface area contributed by atoms with Gasteiger partial charge in [0.25, 0.3) is 0 Å². The van der Waals surface area contributed by atoms with Gasteiger partial charge in [0.2, 0.25) is 0 Å². The Morgan fingerprint density at radius 2 is 2.14 bits per heavy atom. The third-order valence-corrected chi connectivity index (χ3v) is 5.44. The summed E-state index contributed by atoms with van der Waals surface area (Å²) in [6, 6.07) is 0.591. The summed E-state index contributed by atoms with van der Waals surface area (Å²) in [6.45, 7) is 3.54. The Labute approximate surface area is 125 Å². The molecule has 2 fully saturated rings. The third-order valence-electron chi connectivity index (χ3n) is 5.44. The van der Waals surface area contributed by atoms with Crippen molar-refractivity contribution in [1.29, 1.82) is 0 Å². The fraction of sp³-hybridized carbons (Fsp3) is 0.750. The van der Waals surface area contributed by atoms with Crippen LogP contribution in [0.5, 0.6) is 0 Å². The summed E-state index contributed by atoms with van der Waals surface area (Å²) >= 11 is 0. The zero-order valence-corrected chi connectivity index (χ0v) is 13.0. The van der Waals surface area contributed by atoms with Gasteiger partial charge in [-0.15, -0.1) is 0 Å². The second kappa shape index (κ2) is 4.65. The second-order valence-corrected chi connectivity index (χ2v) is 7.03. The first-order chi connectivity index (χ1) is 10.1. The second-order valence-electron chi connectivity index (χ2n) is 7.03. The molecular formula is C16H24N3O2+. The van der Waals surface area contributed by atoms with Crippen LogP contribution in [-0.2, 0) is 9.57 Å².